The molecule has 0 unspecified atom stereocenters. The monoisotopic (exact) mass is 415 g/mol. The second-order valence-electron chi connectivity index (χ2n) is 7.84. The zero-order chi connectivity index (χ0) is 20.8. The zero-order valence-corrected chi connectivity index (χ0v) is 18.1. The van der Waals surface area contributed by atoms with Crippen molar-refractivity contribution >= 4 is 23.3 Å². The van der Waals surface area contributed by atoms with Gasteiger partial charge in [0, 0.05) is 37.1 Å². The van der Waals surface area contributed by atoms with Crippen molar-refractivity contribution in [2.75, 3.05) is 13.6 Å². The van der Waals surface area contributed by atoms with Crippen LogP contribution in [0.15, 0.2) is 42.0 Å². The van der Waals surface area contributed by atoms with E-state index < -0.39 is 6.04 Å². The second kappa shape index (κ2) is 9.87. The quantitative estimate of drug-likeness (QED) is 0.642. The predicted octanol–water partition coefficient (Wildman–Crippen LogP) is 3.97. The lowest BCUT2D eigenvalue weighted by atomic mass is 10.0. The van der Waals surface area contributed by atoms with E-state index in [1.165, 1.54) is 4.88 Å². The van der Waals surface area contributed by atoms with Gasteiger partial charge < -0.3 is 14.5 Å². The molecule has 1 fully saturated rings. The molecular weight excluding hydrogens is 386 g/mol. The summed E-state index contributed by atoms with van der Waals surface area (Å²) >= 11 is 1.62. The van der Waals surface area contributed by atoms with Crippen molar-refractivity contribution in [1.82, 2.24) is 14.8 Å². The number of likely N-dealkylation sites (N-methyl/N-ethyl adjacent to an activating group) is 1. The lowest BCUT2D eigenvalue weighted by Crippen LogP contribution is -2.53. The third-order valence-electron chi connectivity index (χ3n) is 5.36. The first kappa shape index (κ1) is 21.3. The summed E-state index contributed by atoms with van der Waals surface area (Å²) in [6.07, 6.45) is 4.64. The third kappa shape index (κ3) is 5.35. The molecule has 0 radical (unpaired) electrons. The highest BCUT2D eigenvalue weighted by Gasteiger charge is 2.37. The van der Waals surface area contributed by atoms with Crippen LogP contribution in [-0.4, -0.2) is 52.5 Å². The summed E-state index contributed by atoms with van der Waals surface area (Å²) in [6, 6.07) is 9.02. The highest BCUT2D eigenvalue weighted by Crippen LogP contribution is 2.25. The maximum Gasteiger partial charge on any atom is 0.329 e. The molecule has 1 aromatic heterocycles. The van der Waals surface area contributed by atoms with Crippen LogP contribution < -0.4 is 0 Å². The van der Waals surface area contributed by atoms with E-state index in [9.17, 15) is 9.59 Å². The fourth-order valence-corrected chi connectivity index (χ4v) is 4.56. The molecule has 6 nitrogen and oxygen atoms in total. The molecule has 1 aliphatic heterocycles. The number of thiazole rings is 1. The van der Waals surface area contributed by atoms with Crippen LogP contribution >= 0.6 is 11.3 Å². The van der Waals surface area contributed by atoms with Gasteiger partial charge in [0.25, 0.3) is 0 Å². The highest BCUT2D eigenvalue weighted by molar-refractivity contribution is 7.09. The Bertz CT molecular complexity index is 795. The second-order valence-corrected chi connectivity index (χ2v) is 8.81. The number of rotatable bonds is 7. The Morgan fingerprint density at radius 3 is 2.72 bits per heavy atom. The fraction of sp³-hybridized carbons (Fsp3) is 0.500. The van der Waals surface area contributed by atoms with Crippen LogP contribution in [0.1, 0.15) is 37.1 Å². The molecule has 29 heavy (non-hydrogen) atoms. The minimum atomic E-state index is -0.615. The molecule has 2 heterocycles. The lowest BCUT2D eigenvalue weighted by Gasteiger charge is -2.35. The maximum atomic E-state index is 13.2. The molecule has 1 saturated heterocycles. The van der Waals surface area contributed by atoms with Crippen LogP contribution in [0.3, 0.4) is 0 Å². The number of nitrogens with zero attached hydrogens (tertiary/aromatic N) is 3. The van der Waals surface area contributed by atoms with Crippen molar-refractivity contribution in [3.63, 3.8) is 0 Å². The number of hydrogen-bond acceptors (Lipinski definition) is 5. The number of amides is 2. The molecule has 156 valence electrons. The van der Waals surface area contributed by atoms with E-state index in [0.717, 1.165) is 31.4 Å². The van der Waals surface area contributed by atoms with E-state index >= 15 is 0 Å². The molecule has 1 aliphatic rings. The van der Waals surface area contributed by atoms with Crippen molar-refractivity contribution in [2.45, 2.75) is 51.8 Å². The van der Waals surface area contributed by atoms with E-state index in [2.05, 4.69) is 4.98 Å². The Morgan fingerprint density at radius 1 is 1.31 bits per heavy atom. The molecule has 2 aromatic rings. The largest absolute Gasteiger partial charge is 0.459 e. The first-order valence-corrected chi connectivity index (χ1v) is 11.0. The summed E-state index contributed by atoms with van der Waals surface area (Å²) in [4.78, 5) is 34.8. The molecule has 0 N–H and O–H groups in total. The summed E-state index contributed by atoms with van der Waals surface area (Å²) in [5, 5.41) is 0. The minimum absolute atomic E-state index is 0.0465. The highest BCUT2D eigenvalue weighted by atomic mass is 32.1. The Labute approximate surface area is 176 Å². The standard InChI is InChI=1S/C22H29N3O3S/c1-16(2)20(21(26)28-14-17-8-5-4-6-9-17)24(3)22(27)25-11-7-10-18(25)12-19-13-23-15-29-19/h4-6,8-9,13,15-16,18,20H,7,10-12,14H2,1-3H3/t18-,20+/m1/s1. The molecule has 0 aliphatic carbocycles. The normalized spacial score (nSPS) is 17.4. The molecule has 0 saturated carbocycles. The fourth-order valence-electron chi connectivity index (χ4n) is 3.89. The molecule has 1 aromatic carbocycles. The summed E-state index contributed by atoms with van der Waals surface area (Å²) in [5.74, 6) is -0.410. The number of likely N-dealkylation sites (tertiary alicyclic amines) is 1. The van der Waals surface area contributed by atoms with Crippen molar-refractivity contribution in [2.24, 2.45) is 5.92 Å². The van der Waals surface area contributed by atoms with E-state index in [0.29, 0.717) is 0 Å². The van der Waals surface area contributed by atoms with Gasteiger partial charge >= 0.3 is 12.0 Å². The van der Waals surface area contributed by atoms with Gasteiger partial charge in [0.15, 0.2) is 0 Å². The Balaban J connectivity index is 1.64. The first-order chi connectivity index (χ1) is 14.0. The molecule has 2 atom stereocenters. The summed E-state index contributed by atoms with van der Waals surface area (Å²) < 4.78 is 5.54. The number of esters is 1. The number of ether oxygens (including phenoxy) is 1. The zero-order valence-electron chi connectivity index (χ0n) is 17.3. The number of carbonyl (C=O) groups excluding carboxylic acids is 2. The SMILES string of the molecule is CC(C)[C@@H](C(=O)OCc1ccccc1)N(C)C(=O)N1CCC[C@@H]1Cc1cncs1. The molecule has 0 spiro atoms. The van der Waals surface area contributed by atoms with Crippen LogP contribution in [0, 0.1) is 5.92 Å². The van der Waals surface area contributed by atoms with Gasteiger partial charge in [-0.25, -0.2) is 9.59 Å². The molecule has 7 heteroatoms. The van der Waals surface area contributed by atoms with Crippen LogP contribution in [0.4, 0.5) is 4.79 Å². The van der Waals surface area contributed by atoms with Crippen LogP contribution in [0.5, 0.6) is 0 Å². The Hall–Kier alpha value is -2.41. The van der Waals surface area contributed by atoms with Crippen LogP contribution in [0.25, 0.3) is 0 Å². The van der Waals surface area contributed by atoms with Gasteiger partial charge in [-0.05, 0) is 24.3 Å². The number of hydrogen-bond donors (Lipinski definition) is 0. The van der Waals surface area contributed by atoms with Gasteiger partial charge in [-0.2, -0.15) is 0 Å². The topological polar surface area (TPSA) is 62.7 Å². The van der Waals surface area contributed by atoms with Crippen LogP contribution in [0.2, 0.25) is 0 Å². The lowest BCUT2D eigenvalue weighted by molar-refractivity contribution is -0.151. The summed E-state index contributed by atoms with van der Waals surface area (Å²) in [7, 11) is 1.71. The molecule has 0 bridgehead atoms. The predicted molar refractivity (Wildman–Crippen MR) is 114 cm³/mol. The smallest absolute Gasteiger partial charge is 0.329 e. The van der Waals surface area contributed by atoms with E-state index in [4.69, 9.17) is 4.74 Å². The van der Waals surface area contributed by atoms with Crippen molar-refractivity contribution in [1.29, 1.82) is 0 Å². The van der Waals surface area contributed by atoms with Crippen LogP contribution in [-0.2, 0) is 22.6 Å². The number of carbonyl (C=O) groups is 2. The van der Waals surface area contributed by atoms with Gasteiger partial charge in [-0.1, -0.05) is 44.2 Å². The molecule has 2 amide bonds. The summed E-state index contributed by atoms with van der Waals surface area (Å²) in [6.45, 7) is 4.81. The van der Waals surface area contributed by atoms with E-state index in [1.807, 2.05) is 60.8 Å². The van der Waals surface area contributed by atoms with Gasteiger partial charge in [0.1, 0.15) is 12.6 Å². The average molecular weight is 416 g/mol. The Kier molecular flexibility index (Phi) is 7.25. The summed E-state index contributed by atoms with van der Waals surface area (Å²) in [5.41, 5.74) is 2.75. The molecule has 3 rings (SSSR count). The van der Waals surface area contributed by atoms with Crippen molar-refractivity contribution in [3.05, 3.63) is 52.5 Å². The van der Waals surface area contributed by atoms with Gasteiger partial charge in [-0.15, -0.1) is 11.3 Å². The Morgan fingerprint density at radius 2 is 2.07 bits per heavy atom. The van der Waals surface area contributed by atoms with Gasteiger partial charge in [0.05, 0.1) is 5.51 Å². The number of urea groups is 1. The molecular formula is C22H29N3O3S. The van der Waals surface area contributed by atoms with Gasteiger partial charge in [0.2, 0.25) is 0 Å². The minimum Gasteiger partial charge on any atom is -0.459 e. The number of benzene rings is 1. The number of aromatic nitrogens is 1. The van der Waals surface area contributed by atoms with E-state index in [1.54, 1.807) is 23.3 Å². The van der Waals surface area contributed by atoms with Gasteiger partial charge in [-0.3, -0.25) is 4.98 Å². The third-order valence-corrected chi connectivity index (χ3v) is 6.16. The van der Waals surface area contributed by atoms with Crippen molar-refractivity contribution in [3.8, 4) is 0 Å². The van der Waals surface area contributed by atoms with Crippen molar-refractivity contribution < 1.29 is 14.3 Å². The van der Waals surface area contributed by atoms with E-state index in [-0.39, 0.29) is 30.6 Å². The maximum absolute atomic E-state index is 13.2. The average Bonchev–Trinajstić information content (AvgIpc) is 3.39. The first-order valence-electron chi connectivity index (χ1n) is 10.1.